The van der Waals surface area contributed by atoms with E-state index < -0.39 is 6.04 Å². The molecule has 0 radical (unpaired) electrons. The highest BCUT2D eigenvalue weighted by molar-refractivity contribution is 6.32. The number of benzene rings is 1. The first-order valence-corrected chi connectivity index (χ1v) is 8.77. The SMILES string of the molecule is Cc1nn(C(C)C(=O)Nc2ncn(Cc3ccccc3Cl)n2)c(C)c1Cl. The number of hydrogen-bond donors (Lipinski definition) is 1. The van der Waals surface area contributed by atoms with E-state index in [1.807, 2.05) is 31.2 Å². The molecule has 2 aromatic heterocycles. The van der Waals surface area contributed by atoms with Crippen LogP contribution >= 0.6 is 23.2 Å². The van der Waals surface area contributed by atoms with Crippen molar-refractivity contribution < 1.29 is 4.79 Å². The van der Waals surface area contributed by atoms with Crippen LogP contribution in [0.4, 0.5) is 5.95 Å². The highest BCUT2D eigenvalue weighted by atomic mass is 35.5. The van der Waals surface area contributed by atoms with Crippen LogP contribution in [0.1, 0.15) is 29.9 Å². The van der Waals surface area contributed by atoms with Crippen LogP contribution in [-0.4, -0.2) is 30.5 Å². The molecule has 136 valence electrons. The van der Waals surface area contributed by atoms with E-state index in [1.54, 1.807) is 29.5 Å². The van der Waals surface area contributed by atoms with E-state index in [2.05, 4.69) is 20.5 Å². The van der Waals surface area contributed by atoms with Gasteiger partial charge in [-0.1, -0.05) is 41.4 Å². The summed E-state index contributed by atoms with van der Waals surface area (Å²) < 4.78 is 3.20. The van der Waals surface area contributed by atoms with Crippen LogP contribution in [0.3, 0.4) is 0 Å². The van der Waals surface area contributed by atoms with E-state index >= 15 is 0 Å². The normalized spacial score (nSPS) is 12.2. The second-order valence-corrected chi connectivity index (χ2v) is 6.74. The number of halogens is 2. The van der Waals surface area contributed by atoms with Crippen molar-refractivity contribution >= 4 is 35.1 Å². The summed E-state index contributed by atoms with van der Waals surface area (Å²) in [6.45, 7) is 5.83. The highest BCUT2D eigenvalue weighted by Gasteiger charge is 2.21. The Balaban J connectivity index is 1.69. The Kier molecular flexibility index (Phi) is 5.29. The Morgan fingerprint density at radius 1 is 1.23 bits per heavy atom. The first kappa shape index (κ1) is 18.4. The van der Waals surface area contributed by atoms with Crippen molar-refractivity contribution in [3.05, 3.63) is 57.6 Å². The Morgan fingerprint density at radius 2 is 1.96 bits per heavy atom. The molecule has 0 saturated carbocycles. The molecule has 1 unspecified atom stereocenters. The molecule has 1 amide bonds. The zero-order valence-corrected chi connectivity index (χ0v) is 16.1. The topological polar surface area (TPSA) is 77.6 Å². The van der Waals surface area contributed by atoms with Crippen LogP contribution < -0.4 is 5.32 Å². The third kappa shape index (κ3) is 3.73. The number of nitrogens with zero attached hydrogens (tertiary/aromatic N) is 5. The number of hydrogen-bond acceptors (Lipinski definition) is 4. The number of anilines is 1. The van der Waals surface area contributed by atoms with Crippen molar-refractivity contribution in [3.8, 4) is 0 Å². The standard InChI is InChI=1S/C17H18Cl2N6O/c1-10-15(19)11(2)25(22-10)12(3)16(26)21-17-20-9-24(23-17)8-13-6-4-5-7-14(13)18/h4-7,9,12H,8H2,1-3H3,(H,21,23,26). The fourth-order valence-electron chi connectivity index (χ4n) is 2.57. The summed E-state index contributed by atoms with van der Waals surface area (Å²) in [5, 5.41) is 12.5. The summed E-state index contributed by atoms with van der Waals surface area (Å²) in [5.74, 6) is -0.0516. The largest absolute Gasteiger partial charge is 0.291 e. The van der Waals surface area contributed by atoms with Crippen molar-refractivity contribution in [1.29, 1.82) is 0 Å². The lowest BCUT2D eigenvalue weighted by molar-refractivity contribution is -0.119. The van der Waals surface area contributed by atoms with E-state index in [-0.39, 0.29) is 11.9 Å². The van der Waals surface area contributed by atoms with Crippen LogP contribution in [0, 0.1) is 13.8 Å². The molecule has 9 heteroatoms. The summed E-state index contributed by atoms with van der Waals surface area (Å²) in [4.78, 5) is 16.6. The summed E-state index contributed by atoms with van der Waals surface area (Å²) in [6, 6.07) is 6.96. The lowest BCUT2D eigenvalue weighted by Gasteiger charge is -2.13. The second-order valence-electron chi connectivity index (χ2n) is 5.95. The molecular weight excluding hydrogens is 375 g/mol. The maximum atomic E-state index is 12.5. The van der Waals surface area contributed by atoms with Crippen LogP contribution in [0.25, 0.3) is 0 Å². The van der Waals surface area contributed by atoms with Gasteiger partial charge in [0.25, 0.3) is 5.91 Å². The maximum Gasteiger partial charge on any atom is 0.251 e. The summed E-state index contributed by atoms with van der Waals surface area (Å²) in [7, 11) is 0. The minimum atomic E-state index is -0.545. The molecule has 1 N–H and O–H groups in total. The number of aromatic nitrogens is 5. The van der Waals surface area contributed by atoms with Gasteiger partial charge in [-0.25, -0.2) is 9.67 Å². The molecule has 0 aliphatic rings. The van der Waals surface area contributed by atoms with Crippen molar-refractivity contribution in [1.82, 2.24) is 24.5 Å². The smallest absolute Gasteiger partial charge is 0.251 e. The fraction of sp³-hybridized carbons (Fsp3) is 0.294. The monoisotopic (exact) mass is 392 g/mol. The minimum Gasteiger partial charge on any atom is -0.291 e. The van der Waals surface area contributed by atoms with Gasteiger partial charge in [0, 0.05) is 5.02 Å². The van der Waals surface area contributed by atoms with Gasteiger partial charge in [-0.2, -0.15) is 5.10 Å². The summed E-state index contributed by atoms with van der Waals surface area (Å²) in [6.07, 6.45) is 1.55. The summed E-state index contributed by atoms with van der Waals surface area (Å²) in [5.41, 5.74) is 2.34. The molecule has 7 nitrogen and oxygen atoms in total. The Hall–Kier alpha value is -2.38. The lowest BCUT2D eigenvalue weighted by atomic mass is 10.2. The van der Waals surface area contributed by atoms with Crippen LogP contribution in [0.5, 0.6) is 0 Å². The number of carbonyl (C=O) groups excluding carboxylic acids is 1. The van der Waals surface area contributed by atoms with Gasteiger partial charge in [0.1, 0.15) is 12.4 Å². The van der Waals surface area contributed by atoms with Gasteiger partial charge in [-0.3, -0.25) is 14.8 Å². The zero-order valence-electron chi connectivity index (χ0n) is 14.6. The zero-order chi connectivity index (χ0) is 18.8. The van der Waals surface area contributed by atoms with E-state index in [1.165, 1.54) is 0 Å². The highest BCUT2D eigenvalue weighted by Crippen LogP contribution is 2.22. The molecule has 1 atom stereocenters. The van der Waals surface area contributed by atoms with Crippen LogP contribution in [0.2, 0.25) is 10.0 Å². The first-order chi connectivity index (χ1) is 12.4. The fourth-order valence-corrected chi connectivity index (χ4v) is 2.89. The molecule has 0 aliphatic heterocycles. The lowest BCUT2D eigenvalue weighted by Crippen LogP contribution is -2.25. The van der Waals surface area contributed by atoms with Crippen molar-refractivity contribution in [2.24, 2.45) is 0 Å². The number of amides is 1. The molecule has 0 spiro atoms. The van der Waals surface area contributed by atoms with E-state index in [9.17, 15) is 4.79 Å². The molecule has 0 aliphatic carbocycles. The Morgan fingerprint density at radius 3 is 2.62 bits per heavy atom. The predicted molar refractivity (Wildman–Crippen MR) is 101 cm³/mol. The second kappa shape index (κ2) is 7.47. The molecule has 1 aromatic carbocycles. The van der Waals surface area contributed by atoms with E-state index in [4.69, 9.17) is 23.2 Å². The van der Waals surface area contributed by atoms with Crippen molar-refractivity contribution in [3.63, 3.8) is 0 Å². The van der Waals surface area contributed by atoms with Gasteiger partial charge in [0.05, 0.1) is 23.0 Å². The van der Waals surface area contributed by atoms with Gasteiger partial charge >= 0.3 is 0 Å². The Labute approximate surface area is 160 Å². The predicted octanol–water partition coefficient (Wildman–Crippen LogP) is 3.65. The van der Waals surface area contributed by atoms with Crippen LogP contribution in [0.15, 0.2) is 30.6 Å². The molecule has 0 fully saturated rings. The quantitative estimate of drug-likeness (QED) is 0.718. The molecule has 26 heavy (non-hydrogen) atoms. The van der Waals surface area contributed by atoms with Gasteiger partial charge in [0.2, 0.25) is 5.95 Å². The summed E-state index contributed by atoms with van der Waals surface area (Å²) >= 11 is 12.3. The molecule has 3 aromatic rings. The third-order valence-electron chi connectivity index (χ3n) is 4.04. The van der Waals surface area contributed by atoms with Gasteiger partial charge in [-0.05, 0) is 32.4 Å². The number of nitrogens with one attached hydrogen (secondary N) is 1. The maximum absolute atomic E-state index is 12.5. The molecular formula is C17H18Cl2N6O. The molecule has 0 bridgehead atoms. The van der Waals surface area contributed by atoms with Gasteiger partial charge in [-0.15, -0.1) is 5.10 Å². The van der Waals surface area contributed by atoms with Crippen molar-refractivity contribution in [2.75, 3.05) is 5.32 Å². The minimum absolute atomic E-state index is 0.224. The first-order valence-electron chi connectivity index (χ1n) is 8.01. The number of rotatable bonds is 5. The van der Waals surface area contributed by atoms with Gasteiger partial charge < -0.3 is 0 Å². The third-order valence-corrected chi connectivity index (χ3v) is 4.96. The van der Waals surface area contributed by atoms with Gasteiger partial charge in [0.15, 0.2) is 0 Å². The van der Waals surface area contributed by atoms with E-state index in [0.29, 0.717) is 22.3 Å². The average molecular weight is 393 g/mol. The Bertz CT molecular complexity index is 949. The van der Waals surface area contributed by atoms with Crippen LogP contribution in [-0.2, 0) is 11.3 Å². The molecule has 3 rings (SSSR count). The molecule has 0 saturated heterocycles. The molecule has 2 heterocycles. The number of aryl methyl sites for hydroxylation is 1. The average Bonchev–Trinajstić information content (AvgIpc) is 3.16. The number of carbonyl (C=O) groups is 1. The van der Waals surface area contributed by atoms with Crippen molar-refractivity contribution in [2.45, 2.75) is 33.4 Å². The van der Waals surface area contributed by atoms with E-state index in [0.717, 1.165) is 11.3 Å².